The highest BCUT2D eigenvalue weighted by molar-refractivity contribution is 6.03. The summed E-state index contributed by atoms with van der Waals surface area (Å²) < 4.78 is 39.8. The van der Waals surface area contributed by atoms with E-state index < -0.39 is 17.6 Å². The van der Waals surface area contributed by atoms with E-state index in [0.717, 1.165) is 22.9 Å². The summed E-state index contributed by atoms with van der Waals surface area (Å²) in [6, 6.07) is 6.99. The van der Waals surface area contributed by atoms with Crippen molar-refractivity contribution in [2.75, 3.05) is 5.32 Å². The zero-order valence-electron chi connectivity index (χ0n) is 12.2. The average Bonchev–Trinajstić information content (AvgIpc) is 2.49. The predicted octanol–water partition coefficient (Wildman–Crippen LogP) is 2.92. The minimum Gasteiger partial charge on any atom is -0.320 e. The molecular weight excluding hydrogens is 311 g/mol. The number of amides is 1. The van der Waals surface area contributed by atoms with Gasteiger partial charge in [-0.3, -0.25) is 9.59 Å². The lowest BCUT2D eigenvalue weighted by atomic mass is 10.1. The summed E-state index contributed by atoms with van der Waals surface area (Å²) in [4.78, 5) is 23.7. The van der Waals surface area contributed by atoms with Crippen LogP contribution in [0.15, 0.2) is 41.2 Å². The monoisotopic (exact) mass is 325 g/mol. The molecule has 1 amide bonds. The molecule has 0 saturated heterocycles. The van der Waals surface area contributed by atoms with Gasteiger partial charge in [0.05, 0.1) is 11.3 Å². The Bertz CT molecular complexity index is 769. The van der Waals surface area contributed by atoms with Crippen LogP contribution in [0.4, 0.5) is 18.9 Å². The summed E-state index contributed by atoms with van der Waals surface area (Å²) in [5.74, 6) is -0.813. The summed E-state index contributed by atoms with van der Waals surface area (Å²) in [6.45, 7) is 2.15. The molecule has 122 valence electrons. The maximum Gasteiger partial charge on any atom is 0.418 e. The number of rotatable bonds is 4. The van der Waals surface area contributed by atoms with Crippen LogP contribution in [0.3, 0.4) is 0 Å². The molecule has 0 aliphatic carbocycles. The number of aromatic nitrogens is 2. The fourth-order valence-electron chi connectivity index (χ4n) is 1.97. The number of carbonyl (C=O) groups excluding carboxylic acids is 1. The number of nitrogens with zero attached hydrogens (tertiary/aromatic N) is 2. The fraction of sp³-hybridized carbons (Fsp3) is 0.267. The molecule has 0 spiro atoms. The van der Waals surface area contributed by atoms with E-state index in [1.165, 1.54) is 18.2 Å². The SMILES string of the molecule is CCCn1nc(C(=O)Nc2ccccc2C(F)(F)F)ccc1=O. The summed E-state index contributed by atoms with van der Waals surface area (Å²) in [6.07, 6.45) is -3.95. The molecule has 0 bridgehead atoms. The van der Waals surface area contributed by atoms with Crippen LogP contribution >= 0.6 is 0 Å². The zero-order chi connectivity index (χ0) is 17.0. The van der Waals surface area contributed by atoms with Gasteiger partial charge in [0.2, 0.25) is 0 Å². The lowest BCUT2D eigenvalue weighted by molar-refractivity contribution is -0.136. The Morgan fingerprint density at radius 3 is 2.57 bits per heavy atom. The van der Waals surface area contributed by atoms with Crippen molar-refractivity contribution in [2.24, 2.45) is 0 Å². The van der Waals surface area contributed by atoms with Crippen LogP contribution in [-0.4, -0.2) is 15.7 Å². The Kier molecular flexibility index (Phi) is 4.83. The molecule has 0 unspecified atom stereocenters. The van der Waals surface area contributed by atoms with Crippen molar-refractivity contribution >= 4 is 11.6 Å². The molecule has 0 atom stereocenters. The second kappa shape index (κ2) is 6.64. The van der Waals surface area contributed by atoms with E-state index in [1.54, 1.807) is 0 Å². The second-order valence-corrected chi connectivity index (χ2v) is 4.78. The number of alkyl halides is 3. The summed E-state index contributed by atoms with van der Waals surface area (Å²) >= 11 is 0. The number of benzene rings is 1. The first-order valence-electron chi connectivity index (χ1n) is 6.88. The van der Waals surface area contributed by atoms with Crippen LogP contribution < -0.4 is 10.9 Å². The molecule has 1 aromatic carbocycles. The van der Waals surface area contributed by atoms with Gasteiger partial charge in [0.25, 0.3) is 11.5 Å². The van der Waals surface area contributed by atoms with Gasteiger partial charge in [0, 0.05) is 12.6 Å². The molecule has 5 nitrogen and oxygen atoms in total. The van der Waals surface area contributed by atoms with E-state index in [1.807, 2.05) is 6.92 Å². The van der Waals surface area contributed by atoms with Crippen molar-refractivity contribution in [3.05, 3.63) is 58.0 Å². The molecule has 0 saturated carbocycles. The molecule has 1 N–H and O–H groups in total. The third-order valence-electron chi connectivity index (χ3n) is 3.02. The highest BCUT2D eigenvalue weighted by atomic mass is 19.4. The average molecular weight is 325 g/mol. The van der Waals surface area contributed by atoms with E-state index in [0.29, 0.717) is 13.0 Å². The third-order valence-corrected chi connectivity index (χ3v) is 3.02. The Hall–Kier alpha value is -2.64. The van der Waals surface area contributed by atoms with E-state index in [2.05, 4.69) is 10.4 Å². The summed E-state index contributed by atoms with van der Waals surface area (Å²) in [5, 5.41) is 6.05. The number of hydrogen-bond acceptors (Lipinski definition) is 3. The first-order valence-corrected chi connectivity index (χ1v) is 6.88. The molecule has 0 fully saturated rings. The van der Waals surface area contributed by atoms with Crippen molar-refractivity contribution < 1.29 is 18.0 Å². The molecule has 2 aromatic rings. The van der Waals surface area contributed by atoms with Gasteiger partial charge >= 0.3 is 6.18 Å². The molecule has 0 aliphatic rings. The Balaban J connectivity index is 2.30. The third kappa shape index (κ3) is 3.97. The number of nitrogens with one attached hydrogen (secondary N) is 1. The molecular formula is C15H14F3N3O2. The number of halogens is 3. The van der Waals surface area contributed by atoms with E-state index in [-0.39, 0.29) is 16.9 Å². The minimum atomic E-state index is -4.59. The van der Waals surface area contributed by atoms with Crippen LogP contribution in [-0.2, 0) is 12.7 Å². The van der Waals surface area contributed by atoms with Crippen molar-refractivity contribution in [1.82, 2.24) is 9.78 Å². The number of anilines is 1. The van der Waals surface area contributed by atoms with Gasteiger partial charge in [-0.05, 0) is 24.6 Å². The molecule has 8 heteroatoms. The van der Waals surface area contributed by atoms with Gasteiger partial charge < -0.3 is 5.32 Å². The van der Waals surface area contributed by atoms with Gasteiger partial charge in [-0.25, -0.2) is 4.68 Å². The summed E-state index contributed by atoms with van der Waals surface area (Å²) in [7, 11) is 0. The van der Waals surface area contributed by atoms with Crippen molar-refractivity contribution in [2.45, 2.75) is 26.1 Å². The molecule has 23 heavy (non-hydrogen) atoms. The molecule has 1 heterocycles. The molecule has 0 radical (unpaired) electrons. The first-order chi connectivity index (χ1) is 10.8. The van der Waals surface area contributed by atoms with Gasteiger partial charge in [-0.15, -0.1) is 0 Å². The fourth-order valence-corrected chi connectivity index (χ4v) is 1.97. The topological polar surface area (TPSA) is 64.0 Å². The highest BCUT2D eigenvalue weighted by Gasteiger charge is 2.33. The Morgan fingerprint density at radius 1 is 1.22 bits per heavy atom. The smallest absolute Gasteiger partial charge is 0.320 e. The van der Waals surface area contributed by atoms with Crippen molar-refractivity contribution in [3.63, 3.8) is 0 Å². The van der Waals surface area contributed by atoms with Gasteiger partial charge in [-0.1, -0.05) is 19.1 Å². The molecule has 1 aromatic heterocycles. The molecule has 0 aliphatic heterocycles. The van der Waals surface area contributed by atoms with E-state index in [4.69, 9.17) is 0 Å². The lowest BCUT2D eigenvalue weighted by Gasteiger charge is -2.13. The summed E-state index contributed by atoms with van der Waals surface area (Å²) in [5.41, 5.74) is -1.82. The highest BCUT2D eigenvalue weighted by Crippen LogP contribution is 2.34. The minimum absolute atomic E-state index is 0.130. The maximum atomic E-state index is 12.9. The largest absolute Gasteiger partial charge is 0.418 e. The number of carbonyl (C=O) groups is 1. The van der Waals surface area contributed by atoms with Gasteiger partial charge in [0.15, 0.2) is 0 Å². The van der Waals surface area contributed by atoms with Crippen LogP contribution in [0.2, 0.25) is 0 Å². The van der Waals surface area contributed by atoms with Crippen LogP contribution in [0.25, 0.3) is 0 Å². The zero-order valence-corrected chi connectivity index (χ0v) is 12.2. The number of aryl methyl sites for hydroxylation is 1. The van der Waals surface area contributed by atoms with Gasteiger partial charge in [0.1, 0.15) is 5.69 Å². The van der Waals surface area contributed by atoms with Crippen LogP contribution in [0.5, 0.6) is 0 Å². The van der Waals surface area contributed by atoms with Gasteiger partial charge in [-0.2, -0.15) is 18.3 Å². The van der Waals surface area contributed by atoms with E-state index in [9.17, 15) is 22.8 Å². The number of para-hydroxylation sites is 1. The van der Waals surface area contributed by atoms with Crippen molar-refractivity contribution in [3.8, 4) is 0 Å². The quantitative estimate of drug-likeness (QED) is 0.940. The lowest BCUT2D eigenvalue weighted by Crippen LogP contribution is -2.26. The maximum absolute atomic E-state index is 12.9. The van der Waals surface area contributed by atoms with Crippen molar-refractivity contribution in [1.29, 1.82) is 0 Å². The van der Waals surface area contributed by atoms with Crippen LogP contribution in [0, 0.1) is 0 Å². The number of hydrogen-bond donors (Lipinski definition) is 1. The standard InChI is InChI=1S/C15H14F3N3O2/c1-2-9-21-13(22)8-7-12(20-21)14(23)19-11-6-4-3-5-10(11)15(16,17)18/h3-8H,2,9H2,1H3,(H,19,23). The van der Waals surface area contributed by atoms with E-state index >= 15 is 0 Å². The first kappa shape index (κ1) is 16.7. The Morgan fingerprint density at radius 2 is 1.91 bits per heavy atom. The second-order valence-electron chi connectivity index (χ2n) is 4.78. The van der Waals surface area contributed by atoms with Crippen LogP contribution in [0.1, 0.15) is 29.4 Å². The Labute approximate surface area is 129 Å². The predicted molar refractivity (Wildman–Crippen MR) is 78.2 cm³/mol. The normalized spacial score (nSPS) is 11.3. The molecule has 2 rings (SSSR count).